The zero-order valence-electron chi connectivity index (χ0n) is 20.3. The van der Waals surface area contributed by atoms with Gasteiger partial charge in [-0.2, -0.15) is 0 Å². The number of carbonyl (C=O) groups excluding carboxylic acids is 1. The lowest BCUT2D eigenvalue weighted by Crippen LogP contribution is -2.49. The Bertz CT molecular complexity index is 1150. The summed E-state index contributed by atoms with van der Waals surface area (Å²) < 4.78 is 16.3. The lowest BCUT2D eigenvalue weighted by Gasteiger charge is -2.35. The maximum absolute atomic E-state index is 12.9. The van der Waals surface area contributed by atoms with Gasteiger partial charge in [-0.05, 0) is 61.4 Å². The summed E-state index contributed by atoms with van der Waals surface area (Å²) in [5, 5.41) is 8.87. The Morgan fingerprint density at radius 1 is 0.794 bits per heavy atom. The van der Waals surface area contributed by atoms with Crippen LogP contribution in [0, 0.1) is 13.8 Å². The van der Waals surface area contributed by atoms with Crippen molar-refractivity contribution >= 4 is 11.7 Å². The van der Waals surface area contributed by atoms with E-state index in [-0.39, 0.29) is 5.91 Å². The van der Waals surface area contributed by atoms with Gasteiger partial charge in [0.15, 0.2) is 17.3 Å². The maximum Gasteiger partial charge on any atom is 0.253 e. The molecule has 1 saturated heterocycles. The van der Waals surface area contributed by atoms with Crippen molar-refractivity contribution in [2.24, 2.45) is 0 Å². The number of rotatable bonds is 6. The van der Waals surface area contributed by atoms with Gasteiger partial charge in [-0.15, -0.1) is 10.2 Å². The first-order valence-electron chi connectivity index (χ1n) is 11.2. The number of hydrogen-bond acceptors (Lipinski definition) is 7. The lowest BCUT2D eigenvalue weighted by atomic mass is 10.1. The summed E-state index contributed by atoms with van der Waals surface area (Å²) in [4.78, 5) is 17.0. The molecule has 34 heavy (non-hydrogen) atoms. The Labute approximate surface area is 200 Å². The molecule has 2 aromatic carbocycles. The molecule has 0 aliphatic carbocycles. The molecule has 0 N–H and O–H groups in total. The molecule has 2 heterocycles. The van der Waals surface area contributed by atoms with Crippen molar-refractivity contribution in [1.29, 1.82) is 0 Å². The SMILES string of the molecule is COc1cc(-c2ccc(N3CCN(C(=O)c4ccc(C)c(C)c4)CC3)nn2)cc(OC)c1OC. The van der Waals surface area contributed by atoms with Gasteiger partial charge in [0.1, 0.15) is 0 Å². The van der Waals surface area contributed by atoms with E-state index in [4.69, 9.17) is 14.2 Å². The van der Waals surface area contributed by atoms with Gasteiger partial charge in [0.25, 0.3) is 5.91 Å². The molecule has 8 heteroatoms. The smallest absolute Gasteiger partial charge is 0.253 e. The molecule has 0 radical (unpaired) electrons. The van der Waals surface area contributed by atoms with Gasteiger partial charge in [-0.1, -0.05) is 6.07 Å². The van der Waals surface area contributed by atoms with Gasteiger partial charge >= 0.3 is 0 Å². The summed E-state index contributed by atoms with van der Waals surface area (Å²) in [6.07, 6.45) is 0. The minimum absolute atomic E-state index is 0.0755. The van der Waals surface area contributed by atoms with Crippen LogP contribution in [-0.4, -0.2) is 68.5 Å². The fourth-order valence-corrected chi connectivity index (χ4v) is 4.07. The molecule has 0 bridgehead atoms. The summed E-state index contributed by atoms with van der Waals surface area (Å²) >= 11 is 0. The second-order valence-corrected chi connectivity index (χ2v) is 8.27. The predicted molar refractivity (Wildman–Crippen MR) is 131 cm³/mol. The zero-order valence-corrected chi connectivity index (χ0v) is 20.3. The molecule has 1 amide bonds. The summed E-state index contributed by atoms with van der Waals surface area (Å²) in [5.41, 5.74) is 4.58. The predicted octanol–water partition coefficient (Wildman–Crippen LogP) is 3.75. The summed E-state index contributed by atoms with van der Waals surface area (Å²) in [6.45, 7) is 6.77. The average Bonchev–Trinajstić information content (AvgIpc) is 2.89. The highest BCUT2D eigenvalue weighted by molar-refractivity contribution is 5.94. The first-order valence-corrected chi connectivity index (χ1v) is 11.2. The van der Waals surface area contributed by atoms with Crippen molar-refractivity contribution in [3.05, 3.63) is 59.2 Å². The van der Waals surface area contributed by atoms with E-state index in [1.165, 1.54) is 5.56 Å². The molecule has 0 atom stereocenters. The number of hydrogen-bond donors (Lipinski definition) is 0. The Hall–Kier alpha value is -3.81. The fraction of sp³-hybridized carbons (Fsp3) is 0.346. The molecular formula is C26H30N4O4. The van der Waals surface area contributed by atoms with Gasteiger partial charge in [-0.25, -0.2) is 0 Å². The van der Waals surface area contributed by atoms with E-state index in [0.717, 1.165) is 22.5 Å². The molecule has 1 aliphatic rings. The summed E-state index contributed by atoms with van der Waals surface area (Å²) in [6, 6.07) is 13.5. The van der Waals surface area contributed by atoms with E-state index in [0.29, 0.717) is 49.1 Å². The third-order valence-electron chi connectivity index (χ3n) is 6.26. The molecule has 178 valence electrons. The number of benzene rings is 2. The van der Waals surface area contributed by atoms with Crippen LogP contribution >= 0.6 is 0 Å². The zero-order chi connectivity index (χ0) is 24.2. The van der Waals surface area contributed by atoms with Crippen molar-refractivity contribution in [1.82, 2.24) is 15.1 Å². The van der Waals surface area contributed by atoms with Crippen LogP contribution < -0.4 is 19.1 Å². The van der Waals surface area contributed by atoms with Gasteiger partial charge < -0.3 is 24.0 Å². The normalized spacial score (nSPS) is 13.6. The molecular weight excluding hydrogens is 432 g/mol. The number of piperazine rings is 1. The van der Waals surface area contributed by atoms with Gasteiger partial charge in [0.05, 0.1) is 27.0 Å². The molecule has 0 spiro atoms. The van der Waals surface area contributed by atoms with Crippen LogP contribution in [0.3, 0.4) is 0 Å². The monoisotopic (exact) mass is 462 g/mol. The van der Waals surface area contributed by atoms with Gasteiger partial charge in [0, 0.05) is 37.3 Å². The number of anilines is 1. The van der Waals surface area contributed by atoms with Crippen molar-refractivity contribution in [2.75, 3.05) is 52.4 Å². The van der Waals surface area contributed by atoms with E-state index in [1.807, 2.05) is 54.3 Å². The number of aryl methyl sites for hydroxylation is 2. The number of methoxy groups -OCH3 is 3. The van der Waals surface area contributed by atoms with Crippen LogP contribution in [0.15, 0.2) is 42.5 Å². The second-order valence-electron chi connectivity index (χ2n) is 8.27. The van der Waals surface area contributed by atoms with Crippen LogP contribution in [0.4, 0.5) is 5.82 Å². The topological polar surface area (TPSA) is 77.0 Å². The molecule has 1 fully saturated rings. The highest BCUT2D eigenvalue weighted by atomic mass is 16.5. The minimum Gasteiger partial charge on any atom is -0.493 e. The molecule has 1 aromatic heterocycles. The highest BCUT2D eigenvalue weighted by Gasteiger charge is 2.23. The van der Waals surface area contributed by atoms with Crippen LogP contribution in [0.5, 0.6) is 17.2 Å². The quantitative estimate of drug-likeness (QED) is 0.552. The first-order chi connectivity index (χ1) is 16.4. The molecule has 0 unspecified atom stereocenters. The average molecular weight is 463 g/mol. The molecule has 0 saturated carbocycles. The molecule has 1 aliphatic heterocycles. The number of aromatic nitrogens is 2. The number of carbonyl (C=O) groups is 1. The summed E-state index contributed by atoms with van der Waals surface area (Å²) in [5.74, 6) is 2.52. The van der Waals surface area contributed by atoms with E-state index in [2.05, 4.69) is 22.0 Å². The van der Waals surface area contributed by atoms with Crippen LogP contribution in [-0.2, 0) is 0 Å². The maximum atomic E-state index is 12.9. The Morgan fingerprint density at radius 2 is 1.47 bits per heavy atom. The van der Waals surface area contributed by atoms with E-state index in [1.54, 1.807) is 21.3 Å². The first kappa shape index (κ1) is 23.4. The van der Waals surface area contributed by atoms with Crippen LogP contribution in [0.25, 0.3) is 11.3 Å². The standard InChI is InChI=1S/C26H30N4O4/c1-17-6-7-19(14-18(17)2)26(31)30-12-10-29(11-13-30)24-9-8-21(27-28-24)20-15-22(32-3)25(34-5)23(16-20)33-4/h6-9,14-16H,10-13H2,1-5H3. The van der Waals surface area contributed by atoms with Crippen molar-refractivity contribution < 1.29 is 19.0 Å². The Kier molecular flexibility index (Phi) is 6.86. The minimum atomic E-state index is 0.0755. The van der Waals surface area contributed by atoms with E-state index in [9.17, 15) is 4.79 Å². The van der Waals surface area contributed by atoms with Gasteiger partial charge in [0.2, 0.25) is 5.75 Å². The van der Waals surface area contributed by atoms with Crippen LogP contribution in [0.2, 0.25) is 0 Å². The second kappa shape index (κ2) is 9.99. The van der Waals surface area contributed by atoms with E-state index >= 15 is 0 Å². The Morgan fingerprint density at radius 3 is 2.00 bits per heavy atom. The Balaban J connectivity index is 1.44. The fourth-order valence-electron chi connectivity index (χ4n) is 4.07. The third kappa shape index (κ3) is 4.62. The summed E-state index contributed by atoms with van der Waals surface area (Å²) in [7, 11) is 4.74. The highest BCUT2D eigenvalue weighted by Crippen LogP contribution is 2.40. The molecule has 8 nitrogen and oxygen atoms in total. The van der Waals surface area contributed by atoms with Gasteiger partial charge in [-0.3, -0.25) is 4.79 Å². The molecule has 4 rings (SSSR count). The largest absolute Gasteiger partial charge is 0.493 e. The number of ether oxygens (including phenoxy) is 3. The van der Waals surface area contributed by atoms with Crippen molar-refractivity contribution in [2.45, 2.75) is 13.8 Å². The third-order valence-corrected chi connectivity index (χ3v) is 6.26. The lowest BCUT2D eigenvalue weighted by molar-refractivity contribution is 0.0746. The number of nitrogens with zero attached hydrogens (tertiary/aromatic N) is 4. The van der Waals surface area contributed by atoms with Crippen LogP contribution in [0.1, 0.15) is 21.5 Å². The van der Waals surface area contributed by atoms with E-state index < -0.39 is 0 Å². The number of amides is 1. The molecule has 3 aromatic rings. The van der Waals surface area contributed by atoms with Crippen molar-refractivity contribution in [3.63, 3.8) is 0 Å². The van der Waals surface area contributed by atoms with Crippen molar-refractivity contribution in [3.8, 4) is 28.5 Å².